The molecular weight excluding hydrogens is 691 g/mol. The topological polar surface area (TPSA) is 42.2 Å². The molecule has 55 heavy (non-hydrogen) atoms. The Morgan fingerprint density at radius 3 is 1.91 bits per heavy atom. The van der Waals surface area contributed by atoms with Crippen molar-refractivity contribution >= 4 is 81.3 Å². The zero-order valence-corrected chi connectivity index (χ0v) is 30.4. The van der Waals surface area contributed by atoms with E-state index in [-0.39, 0.29) is 0 Å². The first-order valence-corrected chi connectivity index (χ1v) is 19.2. The number of hydrogen-bond acceptors (Lipinski definition) is 5. The van der Waals surface area contributed by atoms with Crippen molar-refractivity contribution in [2.24, 2.45) is 0 Å². The van der Waals surface area contributed by atoms with E-state index >= 15 is 0 Å². The number of hydrogen-bond donors (Lipinski definition) is 0. The summed E-state index contributed by atoms with van der Waals surface area (Å²) in [6, 6.07) is 66.0. The maximum absolute atomic E-state index is 7.06. The fourth-order valence-corrected chi connectivity index (χ4v) is 9.00. The molecule has 258 valence electrons. The molecule has 0 aliphatic rings. The Morgan fingerprint density at radius 2 is 1.11 bits per heavy atom. The average molecular weight is 722 g/mol. The highest BCUT2D eigenvalue weighted by molar-refractivity contribution is 7.25. The highest BCUT2D eigenvalue weighted by Gasteiger charge is 2.24. The van der Waals surface area contributed by atoms with E-state index in [0.29, 0.717) is 5.82 Å². The Bertz CT molecular complexity index is 3150. The maximum atomic E-state index is 7.06. The van der Waals surface area contributed by atoms with Crippen molar-refractivity contribution in [1.82, 2.24) is 9.97 Å². The fourth-order valence-electron chi connectivity index (χ4n) is 7.86. The largest absolute Gasteiger partial charge is 0.454 e. The standard InChI is InChI=1S/C50H31N3OS/c1-4-14-32(15-5-1)42-31-43(52-50(51-42)33-16-6-2-7-17-33)40-26-27-44(49-48(40)41-28-34-18-10-11-19-35(34)29-45(41)54-49)53(36-20-8-3-9-21-36)37-24-25-39-38-22-12-13-23-46(38)55-47(39)30-37/h1-31H. The van der Waals surface area contributed by atoms with Gasteiger partial charge in [-0.25, -0.2) is 9.97 Å². The summed E-state index contributed by atoms with van der Waals surface area (Å²) in [6.07, 6.45) is 0. The van der Waals surface area contributed by atoms with Gasteiger partial charge < -0.3 is 9.32 Å². The minimum absolute atomic E-state index is 0.676. The molecule has 0 spiro atoms. The number of benzene rings is 8. The van der Waals surface area contributed by atoms with E-state index in [1.807, 2.05) is 35.6 Å². The predicted molar refractivity (Wildman–Crippen MR) is 231 cm³/mol. The fraction of sp³-hybridized carbons (Fsp3) is 0. The van der Waals surface area contributed by atoms with Crippen LogP contribution in [-0.4, -0.2) is 9.97 Å². The number of aromatic nitrogens is 2. The number of para-hydroxylation sites is 1. The molecule has 0 atom stereocenters. The first-order valence-electron chi connectivity index (χ1n) is 18.4. The van der Waals surface area contributed by atoms with Gasteiger partial charge in [0.15, 0.2) is 11.4 Å². The lowest BCUT2D eigenvalue weighted by molar-refractivity contribution is 0.669. The van der Waals surface area contributed by atoms with Crippen molar-refractivity contribution in [1.29, 1.82) is 0 Å². The van der Waals surface area contributed by atoms with Crippen molar-refractivity contribution in [3.05, 3.63) is 188 Å². The Morgan fingerprint density at radius 1 is 0.455 bits per heavy atom. The number of anilines is 3. The highest BCUT2D eigenvalue weighted by atomic mass is 32.1. The number of nitrogens with zero attached hydrogens (tertiary/aromatic N) is 3. The maximum Gasteiger partial charge on any atom is 0.160 e. The van der Waals surface area contributed by atoms with Gasteiger partial charge in [-0.15, -0.1) is 11.3 Å². The van der Waals surface area contributed by atoms with Crippen LogP contribution < -0.4 is 4.90 Å². The van der Waals surface area contributed by atoms with Gasteiger partial charge in [-0.1, -0.05) is 127 Å². The normalized spacial score (nSPS) is 11.6. The molecular formula is C50H31N3OS. The predicted octanol–water partition coefficient (Wildman–Crippen LogP) is 14.4. The van der Waals surface area contributed by atoms with Gasteiger partial charge in [0.2, 0.25) is 0 Å². The molecule has 4 nitrogen and oxygen atoms in total. The molecule has 11 rings (SSSR count). The molecule has 3 aromatic heterocycles. The lowest BCUT2D eigenvalue weighted by Crippen LogP contribution is -2.10. The Balaban J connectivity index is 1.21. The van der Waals surface area contributed by atoms with Crippen LogP contribution in [0.25, 0.3) is 86.8 Å². The third kappa shape index (κ3) is 5.36. The van der Waals surface area contributed by atoms with Crippen molar-refractivity contribution in [3.8, 4) is 33.9 Å². The van der Waals surface area contributed by atoms with Gasteiger partial charge in [-0.3, -0.25) is 0 Å². The lowest BCUT2D eigenvalue weighted by atomic mass is 9.98. The van der Waals surface area contributed by atoms with Gasteiger partial charge in [0.1, 0.15) is 5.58 Å². The Labute approximate surface area is 321 Å². The number of thiophene rings is 1. The molecule has 0 amide bonds. The monoisotopic (exact) mass is 721 g/mol. The lowest BCUT2D eigenvalue weighted by Gasteiger charge is -2.26. The summed E-state index contributed by atoms with van der Waals surface area (Å²) in [7, 11) is 0. The summed E-state index contributed by atoms with van der Waals surface area (Å²) in [4.78, 5) is 12.7. The van der Waals surface area contributed by atoms with E-state index < -0.39 is 0 Å². The van der Waals surface area contributed by atoms with E-state index in [9.17, 15) is 0 Å². The van der Waals surface area contributed by atoms with Gasteiger partial charge in [-0.2, -0.15) is 0 Å². The molecule has 0 unspecified atom stereocenters. The average Bonchev–Trinajstić information content (AvgIpc) is 3.82. The second-order valence-electron chi connectivity index (χ2n) is 13.8. The van der Waals surface area contributed by atoms with Crippen LogP contribution in [0.2, 0.25) is 0 Å². The minimum Gasteiger partial charge on any atom is -0.454 e. The molecule has 0 fully saturated rings. The third-order valence-electron chi connectivity index (χ3n) is 10.4. The van der Waals surface area contributed by atoms with Crippen molar-refractivity contribution in [2.45, 2.75) is 0 Å². The van der Waals surface area contributed by atoms with Crippen LogP contribution >= 0.6 is 11.3 Å². The second kappa shape index (κ2) is 12.8. The van der Waals surface area contributed by atoms with Gasteiger partial charge in [0, 0.05) is 59.0 Å². The summed E-state index contributed by atoms with van der Waals surface area (Å²) < 4.78 is 9.59. The van der Waals surface area contributed by atoms with Crippen LogP contribution in [0.4, 0.5) is 17.1 Å². The minimum atomic E-state index is 0.676. The van der Waals surface area contributed by atoms with E-state index in [1.165, 1.54) is 20.2 Å². The van der Waals surface area contributed by atoms with E-state index in [2.05, 4.69) is 169 Å². The smallest absolute Gasteiger partial charge is 0.160 e. The molecule has 3 heterocycles. The van der Waals surface area contributed by atoms with Gasteiger partial charge in [0.25, 0.3) is 0 Å². The van der Waals surface area contributed by atoms with Crippen LogP contribution in [-0.2, 0) is 0 Å². The molecule has 0 radical (unpaired) electrons. The van der Waals surface area contributed by atoms with Gasteiger partial charge in [-0.05, 0) is 71.4 Å². The number of fused-ring (bicyclic) bond motifs is 7. The molecule has 0 aliphatic carbocycles. The van der Waals surface area contributed by atoms with E-state index in [4.69, 9.17) is 14.4 Å². The summed E-state index contributed by atoms with van der Waals surface area (Å²) in [5.41, 5.74) is 9.35. The summed E-state index contributed by atoms with van der Waals surface area (Å²) in [6.45, 7) is 0. The van der Waals surface area contributed by atoms with E-state index in [1.54, 1.807) is 0 Å². The van der Waals surface area contributed by atoms with Crippen LogP contribution in [0.1, 0.15) is 0 Å². The second-order valence-corrected chi connectivity index (χ2v) is 14.9. The molecule has 8 aromatic carbocycles. The molecule has 5 heteroatoms. The highest BCUT2D eigenvalue weighted by Crippen LogP contribution is 2.47. The van der Waals surface area contributed by atoms with Crippen LogP contribution in [0.15, 0.2) is 192 Å². The Kier molecular flexibility index (Phi) is 7.32. The van der Waals surface area contributed by atoms with Crippen LogP contribution in [0.3, 0.4) is 0 Å². The summed E-state index contributed by atoms with van der Waals surface area (Å²) >= 11 is 1.83. The van der Waals surface area contributed by atoms with Gasteiger partial charge in [0.05, 0.1) is 17.1 Å². The number of rotatable bonds is 6. The van der Waals surface area contributed by atoms with E-state index in [0.717, 1.165) is 77.9 Å². The molecule has 11 aromatic rings. The molecule has 0 bridgehead atoms. The van der Waals surface area contributed by atoms with Crippen molar-refractivity contribution < 1.29 is 4.42 Å². The summed E-state index contributed by atoms with van der Waals surface area (Å²) in [5.74, 6) is 0.676. The van der Waals surface area contributed by atoms with Crippen molar-refractivity contribution in [3.63, 3.8) is 0 Å². The van der Waals surface area contributed by atoms with Crippen molar-refractivity contribution in [2.75, 3.05) is 4.90 Å². The molecule has 0 aliphatic heterocycles. The SMILES string of the molecule is c1ccc(-c2cc(-c3ccc(N(c4ccccc4)c4ccc5c(c4)sc4ccccc45)c4oc5cc6ccccc6cc5c34)nc(-c3ccccc3)n2)cc1. The zero-order valence-electron chi connectivity index (χ0n) is 29.6. The first kappa shape index (κ1) is 31.4. The quantitative estimate of drug-likeness (QED) is 0.171. The number of furan rings is 1. The Hall–Kier alpha value is -7.08. The molecule has 0 saturated carbocycles. The third-order valence-corrected chi connectivity index (χ3v) is 11.6. The van der Waals surface area contributed by atoms with Gasteiger partial charge >= 0.3 is 0 Å². The molecule has 0 N–H and O–H groups in total. The zero-order chi connectivity index (χ0) is 36.3. The molecule has 0 saturated heterocycles. The van der Waals surface area contributed by atoms with Crippen LogP contribution in [0.5, 0.6) is 0 Å². The van der Waals surface area contributed by atoms with Crippen LogP contribution in [0, 0.1) is 0 Å². The first-order chi connectivity index (χ1) is 27.2. The summed E-state index contributed by atoms with van der Waals surface area (Å²) in [5, 5.41) is 6.89.